The van der Waals surface area contributed by atoms with Crippen LogP contribution in [0, 0.1) is 19.7 Å². The molecule has 0 bridgehead atoms. The van der Waals surface area contributed by atoms with Crippen LogP contribution in [0.2, 0.25) is 0 Å². The van der Waals surface area contributed by atoms with Crippen LogP contribution in [0.3, 0.4) is 0 Å². The van der Waals surface area contributed by atoms with E-state index in [0.717, 1.165) is 22.4 Å². The molecule has 0 atom stereocenters. The van der Waals surface area contributed by atoms with Crippen LogP contribution in [0.25, 0.3) is 11.3 Å². The van der Waals surface area contributed by atoms with Gasteiger partial charge in [0.25, 0.3) is 0 Å². The molecule has 1 aromatic heterocycles. The van der Waals surface area contributed by atoms with E-state index in [9.17, 15) is 9.18 Å². The summed E-state index contributed by atoms with van der Waals surface area (Å²) in [7, 11) is 0. The quantitative estimate of drug-likeness (QED) is 0.477. The molecule has 0 N–H and O–H groups in total. The number of hydrogen-bond donors (Lipinski definition) is 0. The van der Waals surface area contributed by atoms with Crippen molar-refractivity contribution in [1.82, 2.24) is 4.57 Å². The zero-order valence-corrected chi connectivity index (χ0v) is 18.5. The zero-order chi connectivity index (χ0) is 19.4. The number of benzene rings is 2. The summed E-state index contributed by atoms with van der Waals surface area (Å²) in [5.41, 5.74) is 4.85. The lowest BCUT2D eigenvalue weighted by Gasteiger charge is -2.11. The Morgan fingerprint density at radius 3 is 2.57 bits per heavy atom. The van der Waals surface area contributed by atoms with Crippen molar-refractivity contribution in [2.75, 3.05) is 6.61 Å². The summed E-state index contributed by atoms with van der Waals surface area (Å²) in [6, 6.07) is 12.2. The van der Waals surface area contributed by atoms with Crippen LogP contribution in [0.15, 0.2) is 52.8 Å². The third-order valence-corrected chi connectivity index (χ3v) is 4.97. The minimum absolute atomic E-state index is 0. The molecule has 0 spiro atoms. The highest BCUT2D eigenvalue weighted by Crippen LogP contribution is 2.25. The van der Waals surface area contributed by atoms with Crippen LogP contribution in [0.5, 0.6) is 0 Å². The van der Waals surface area contributed by atoms with Gasteiger partial charge < -0.3 is 9.30 Å². The maximum atomic E-state index is 13.2. The van der Waals surface area contributed by atoms with Crippen LogP contribution >= 0.6 is 28.3 Å². The lowest BCUT2D eigenvalue weighted by Crippen LogP contribution is -2.23. The number of nitrogens with zero attached hydrogens (tertiary/aromatic N) is 2. The number of esters is 1. The Hall–Kier alpha value is -2.25. The Morgan fingerprint density at radius 1 is 1.18 bits per heavy atom. The largest absolute Gasteiger partial charge is 0.465 e. The molecule has 0 fully saturated rings. The highest BCUT2D eigenvalue weighted by molar-refractivity contribution is 8.93. The van der Waals surface area contributed by atoms with Gasteiger partial charge in [-0.2, -0.15) is 0 Å². The number of aromatic nitrogens is 1. The van der Waals surface area contributed by atoms with E-state index in [4.69, 9.17) is 4.74 Å². The second-order valence-electron chi connectivity index (χ2n) is 6.20. The number of ether oxygens (including phenoxy) is 1. The Bertz CT molecular complexity index is 1030. The van der Waals surface area contributed by atoms with Crippen LogP contribution in [0.1, 0.15) is 18.1 Å². The predicted octanol–water partition coefficient (Wildman–Crippen LogP) is 5.35. The Kier molecular flexibility index (Phi) is 7.71. The average Bonchev–Trinajstić information content (AvgIpc) is 3.01. The highest BCUT2D eigenvalue weighted by atomic mass is 79.9. The van der Waals surface area contributed by atoms with Gasteiger partial charge in [-0.05, 0) is 56.7 Å². The van der Waals surface area contributed by atoms with Gasteiger partial charge in [0.1, 0.15) is 12.4 Å². The van der Waals surface area contributed by atoms with Crippen LogP contribution in [-0.2, 0) is 16.1 Å². The summed E-state index contributed by atoms with van der Waals surface area (Å²) < 4.78 is 20.2. The van der Waals surface area contributed by atoms with Gasteiger partial charge in [0.05, 0.1) is 18.0 Å². The molecular formula is C21H22BrFN2O2S. The Labute approximate surface area is 178 Å². The maximum absolute atomic E-state index is 13.2. The van der Waals surface area contributed by atoms with Crippen molar-refractivity contribution in [2.24, 2.45) is 4.99 Å². The van der Waals surface area contributed by atoms with Gasteiger partial charge in [0.2, 0.25) is 0 Å². The van der Waals surface area contributed by atoms with E-state index in [0.29, 0.717) is 17.1 Å². The van der Waals surface area contributed by atoms with E-state index in [2.05, 4.69) is 23.2 Å². The van der Waals surface area contributed by atoms with E-state index < -0.39 is 0 Å². The van der Waals surface area contributed by atoms with Crippen molar-refractivity contribution in [1.29, 1.82) is 0 Å². The first-order valence-corrected chi connectivity index (χ1v) is 9.57. The number of carbonyl (C=O) groups is 1. The van der Waals surface area contributed by atoms with Crippen molar-refractivity contribution in [2.45, 2.75) is 27.3 Å². The van der Waals surface area contributed by atoms with E-state index in [1.54, 1.807) is 19.1 Å². The molecule has 4 nitrogen and oxygen atoms in total. The first kappa shape index (κ1) is 22.0. The van der Waals surface area contributed by atoms with Crippen molar-refractivity contribution < 1.29 is 13.9 Å². The Morgan fingerprint density at radius 2 is 1.89 bits per heavy atom. The van der Waals surface area contributed by atoms with E-state index in [-0.39, 0.29) is 35.3 Å². The third-order valence-electron chi connectivity index (χ3n) is 4.11. The van der Waals surface area contributed by atoms with Crippen LogP contribution in [-0.4, -0.2) is 17.1 Å². The lowest BCUT2D eigenvalue weighted by molar-refractivity contribution is -0.143. The molecule has 0 amide bonds. The van der Waals surface area contributed by atoms with Gasteiger partial charge in [0.15, 0.2) is 4.80 Å². The predicted molar refractivity (Wildman–Crippen MR) is 116 cm³/mol. The molecule has 0 saturated carbocycles. The van der Waals surface area contributed by atoms with Crippen molar-refractivity contribution in [3.05, 3.63) is 69.6 Å². The fourth-order valence-electron chi connectivity index (χ4n) is 2.76. The van der Waals surface area contributed by atoms with Crippen LogP contribution < -0.4 is 4.80 Å². The fourth-order valence-corrected chi connectivity index (χ4v) is 3.68. The number of thiazole rings is 1. The summed E-state index contributed by atoms with van der Waals surface area (Å²) in [4.78, 5) is 17.4. The minimum atomic E-state index is -0.317. The minimum Gasteiger partial charge on any atom is -0.465 e. The molecule has 7 heteroatoms. The standard InChI is InChI=1S/C21H21FN2O2S.BrH/c1-4-26-20(25)12-24-19(18-11-14(2)5-6-15(18)3)13-27-21(24)23-17-9-7-16(22)8-10-17;/h5-11,13H,4,12H2,1-3H3;1H. The normalized spacial score (nSPS) is 11.2. The molecule has 0 saturated heterocycles. The topological polar surface area (TPSA) is 43.6 Å². The molecule has 0 aliphatic heterocycles. The number of aryl methyl sites for hydroxylation is 2. The average molecular weight is 465 g/mol. The molecule has 3 rings (SSSR count). The van der Waals surface area contributed by atoms with E-state index in [1.165, 1.54) is 23.5 Å². The smallest absolute Gasteiger partial charge is 0.326 e. The summed E-state index contributed by atoms with van der Waals surface area (Å²) in [6.07, 6.45) is 0. The number of hydrogen-bond acceptors (Lipinski definition) is 4. The van der Waals surface area contributed by atoms with Crippen molar-refractivity contribution in [3.63, 3.8) is 0 Å². The zero-order valence-electron chi connectivity index (χ0n) is 15.9. The SMILES string of the molecule is Br.CCOC(=O)Cn1c(-c2cc(C)ccc2C)csc1=Nc1ccc(F)cc1. The number of rotatable bonds is 5. The highest BCUT2D eigenvalue weighted by Gasteiger charge is 2.14. The monoisotopic (exact) mass is 464 g/mol. The Balaban J connectivity index is 0.00000280. The molecule has 1 heterocycles. The second-order valence-corrected chi connectivity index (χ2v) is 7.04. The van der Waals surface area contributed by atoms with Gasteiger partial charge in [-0.3, -0.25) is 4.79 Å². The lowest BCUT2D eigenvalue weighted by atomic mass is 10.0. The summed E-state index contributed by atoms with van der Waals surface area (Å²) in [5, 5.41) is 1.99. The fraction of sp³-hybridized carbons (Fsp3) is 0.238. The van der Waals surface area contributed by atoms with Gasteiger partial charge in [-0.15, -0.1) is 28.3 Å². The van der Waals surface area contributed by atoms with Gasteiger partial charge in [0, 0.05) is 10.9 Å². The molecule has 0 aliphatic rings. The van der Waals surface area contributed by atoms with Gasteiger partial charge >= 0.3 is 5.97 Å². The third kappa shape index (κ3) is 5.17. The summed E-state index contributed by atoms with van der Waals surface area (Å²) >= 11 is 1.44. The first-order chi connectivity index (χ1) is 13.0. The van der Waals surface area contributed by atoms with Crippen molar-refractivity contribution >= 4 is 40.0 Å². The molecule has 148 valence electrons. The first-order valence-electron chi connectivity index (χ1n) is 8.70. The molecule has 3 aromatic rings. The second kappa shape index (κ2) is 9.80. The van der Waals surface area contributed by atoms with Crippen molar-refractivity contribution in [3.8, 4) is 11.3 Å². The molecule has 0 aliphatic carbocycles. The molecule has 28 heavy (non-hydrogen) atoms. The molecular weight excluding hydrogens is 443 g/mol. The summed E-state index contributed by atoms with van der Waals surface area (Å²) in [6.45, 7) is 6.26. The van der Waals surface area contributed by atoms with Crippen LogP contribution in [0.4, 0.5) is 10.1 Å². The molecule has 0 radical (unpaired) electrons. The molecule has 2 aromatic carbocycles. The number of halogens is 2. The van der Waals surface area contributed by atoms with E-state index >= 15 is 0 Å². The van der Waals surface area contributed by atoms with E-state index in [1.807, 2.05) is 23.8 Å². The summed E-state index contributed by atoms with van der Waals surface area (Å²) in [5.74, 6) is -0.626. The number of carbonyl (C=O) groups excluding carboxylic acids is 1. The van der Waals surface area contributed by atoms with Gasteiger partial charge in [-0.25, -0.2) is 9.38 Å². The maximum Gasteiger partial charge on any atom is 0.326 e. The van der Waals surface area contributed by atoms with Gasteiger partial charge in [-0.1, -0.05) is 17.7 Å². The molecule has 0 unspecified atom stereocenters.